The highest BCUT2D eigenvalue weighted by molar-refractivity contribution is 5.82. The second-order valence-electron chi connectivity index (χ2n) is 6.27. The van der Waals surface area contributed by atoms with Gasteiger partial charge in [-0.25, -0.2) is 4.98 Å². The number of benzene rings is 2. The van der Waals surface area contributed by atoms with Gasteiger partial charge in [-0.3, -0.25) is 4.40 Å². The molecule has 0 aliphatic heterocycles. The highest BCUT2D eigenvalue weighted by Crippen LogP contribution is 2.42. The quantitative estimate of drug-likeness (QED) is 0.544. The van der Waals surface area contributed by atoms with Crippen molar-refractivity contribution in [1.82, 2.24) is 14.4 Å². The molecular formula is C21H20N4O3. The number of nitrogens with one attached hydrogen (secondary N) is 1. The lowest BCUT2D eigenvalue weighted by molar-refractivity contribution is 0.340. The SMILES string of the molecule is COc1cc(-c2c(Nc3ccccc3C)nc3ncccn23)cc(OC)c1O. The molecule has 28 heavy (non-hydrogen) atoms. The predicted molar refractivity (Wildman–Crippen MR) is 108 cm³/mol. The Hall–Kier alpha value is -3.74. The maximum atomic E-state index is 10.3. The Morgan fingerprint density at radius 1 is 1.04 bits per heavy atom. The first-order chi connectivity index (χ1) is 13.6. The number of phenols is 1. The van der Waals surface area contributed by atoms with Crippen LogP contribution in [0.3, 0.4) is 0 Å². The second kappa shape index (κ2) is 7.11. The van der Waals surface area contributed by atoms with Gasteiger partial charge in [-0.05, 0) is 36.8 Å². The smallest absolute Gasteiger partial charge is 0.236 e. The molecule has 4 aromatic rings. The number of aromatic nitrogens is 3. The molecule has 0 fully saturated rings. The number of hydrogen-bond donors (Lipinski definition) is 2. The average Bonchev–Trinajstić information content (AvgIpc) is 3.08. The number of ether oxygens (including phenoxy) is 2. The molecular weight excluding hydrogens is 356 g/mol. The number of methoxy groups -OCH3 is 2. The summed E-state index contributed by atoms with van der Waals surface area (Å²) < 4.78 is 12.5. The van der Waals surface area contributed by atoms with Crippen molar-refractivity contribution in [2.45, 2.75) is 6.92 Å². The Labute approximate surface area is 162 Å². The van der Waals surface area contributed by atoms with Crippen LogP contribution < -0.4 is 14.8 Å². The molecule has 7 heteroatoms. The van der Waals surface area contributed by atoms with E-state index in [1.165, 1.54) is 14.2 Å². The van der Waals surface area contributed by atoms with Gasteiger partial charge in [0.1, 0.15) is 0 Å². The van der Waals surface area contributed by atoms with Crippen molar-refractivity contribution in [2.24, 2.45) is 0 Å². The van der Waals surface area contributed by atoms with E-state index in [9.17, 15) is 5.11 Å². The molecule has 0 saturated heterocycles. The fourth-order valence-corrected chi connectivity index (χ4v) is 3.12. The number of nitrogens with zero attached hydrogens (tertiary/aromatic N) is 3. The van der Waals surface area contributed by atoms with E-state index in [0.717, 1.165) is 22.5 Å². The van der Waals surface area contributed by atoms with Crippen LogP contribution >= 0.6 is 0 Å². The van der Waals surface area contributed by atoms with Gasteiger partial charge in [-0.2, -0.15) is 4.98 Å². The standard InChI is InChI=1S/C21H20N4O3/c1-13-7-4-5-8-15(13)23-20-18(25-10-6-9-22-21(25)24-20)14-11-16(27-2)19(26)17(12-14)28-3/h4-12,23,26H,1-3H3. The Morgan fingerprint density at radius 2 is 1.75 bits per heavy atom. The van der Waals surface area contributed by atoms with Crippen LogP contribution in [-0.4, -0.2) is 33.7 Å². The number of imidazole rings is 1. The molecule has 7 nitrogen and oxygen atoms in total. The Bertz CT molecular complexity index is 1130. The number of hydrogen-bond acceptors (Lipinski definition) is 6. The van der Waals surface area contributed by atoms with Crippen LogP contribution in [0.1, 0.15) is 5.56 Å². The zero-order valence-electron chi connectivity index (χ0n) is 15.8. The lowest BCUT2D eigenvalue weighted by Crippen LogP contribution is -1.97. The molecule has 2 aromatic carbocycles. The maximum Gasteiger partial charge on any atom is 0.236 e. The van der Waals surface area contributed by atoms with Crippen LogP contribution in [0.15, 0.2) is 54.9 Å². The number of rotatable bonds is 5. The minimum Gasteiger partial charge on any atom is -0.502 e. The summed E-state index contributed by atoms with van der Waals surface area (Å²) in [5.74, 6) is 1.78. The molecule has 0 amide bonds. The normalized spacial score (nSPS) is 10.8. The van der Waals surface area contributed by atoms with Crippen molar-refractivity contribution in [3.05, 3.63) is 60.4 Å². The van der Waals surface area contributed by atoms with Crippen LogP contribution in [0.2, 0.25) is 0 Å². The Kier molecular flexibility index (Phi) is 4.49. The van der Waals surface area contributed by atoms with Crippen LogP contribution in [-0.2, 0) is 0 Å². The van der Waals surface area contributed by atoms with E-state index in [2.05, 4.69) is 15.3 Å². The van der Waals surface area contributed by atoms with Gasteiger partial charge in [0.25, 0.3) is 0 Å². The molecule has 2 aromatic heterocycles. The third-order valence-corrected chi connectivity index (χ3v) is 4.56. The maximum absolute atomic E-state index is 10.3. The first-order valence-electron chi connectivity index (χ1n) is 8.73. The number of anilines is 2. The first-order valence-corrected chi connectivity index (χ1v) is 8.73. The summed E-state index contributed by atoms with van der Waals surface area (Å²) >= 11 is 0. The van der Waals surface area contributed by atoms with Crippen LogP contribution in [0, 0.1) is 6.92 Å². The van der Waals surface area contributed by atoms with E-state index in [0.29, 0.717) is 23.1 Å². The molecule has 0 spiro atoms. The third-order valence-electron chi connectivity index (χ3n) is 4.56. The van der Waals surface area contributed by atoms with E-state index in [-0.39, 0.29) is 5.75 Å². The van der Waals surface area contributed by atoms with Gasteiger partial charge in [0.2, 0.25) is 11.5 Å². The average molecular weight is 376 g/mol. The zero-order chi connectivity index (χ0) is 19.7. The number of phenolic OH excluding ortho intramolecular Hbond substituents is 1. The summed E-state index contributed by atoms with van der Waals surface area (Å²) in [6.45, 7) is 2.03. The summed E-state index contributed by atoms with van der Waals surface area (Å²) in [6, 6.07) is 13.3. The van der Waals surface area contributed by atoms with Crippen molar-refractivity contribution in [3.8, 4) is 28.5 Å². The number of aryl methyl sites for hydroxylation is 1. The summed E-state index contributed by atoms with van der Waals surface area (Å²) in [5, 5.41) is 13.7. The van der Waals surface area contributed by atoms with Gasteiger partial charge < -0.3 is 19.9 Å². The fourth-order valence-electron chi connectivity index (χ4n) is 3.12. The van der Waals surface area contributed by atoms with Crippen molar-refractivity contribution in [2.75, 3.05) is 19.5 Å². The molecule has 0 saturated carbocycles. The Balaban J connectivity index is 1.95. The first kappa shape index (κ1) is 17.7. The molecule has 2 N–H and O–H groups in total. The monoisotopic (exact) mass is 376 g/mol. The van der Waals surface area contributed by atoms with Crippen molar-refractivity contribution in [1.29, 1.82) is 0 Å². The second-order valence-corrected chi connectivity index (χ2v) is 6.27. The van der Waals surface area contributed by atoms with Crippen LogP contribution in [0.4, 0.5) is 11.5 Å². The minimum absolute atomic E-state index is 0.0471. The van der Waals surface area contributed by atoms with Gasteiger partial charge in [-0.1, -0.05) is 18.2 Å². The summed E-state index contributed by atoms with van der Waals surface area (Å²) in [5.41, 5.74) is 3.59. The summed E-state index contributed by atoms with van der Waals surface area (Å²) in [4.78, 5) is 9.01. The lowest BCUT2D eigenvalue weighted by atomic mass is 10.1. The zero-order valence-corrected chi connectivity index (χ0v) is 15.8. The van der Waals surface area contributed by atoms with Crippen molar-refractivity contribution in [3.63, 3.8) is 0 Å². The Morgan fingerprint density at radius 3 is 2.43 bits per heavy atom. The third kappa shape index (κ3) is 2.96. The number of aromatic hydroxyl groups is 1. The molecule has 2 heterocycles. The molecule has 0 aliphatic carbocycles. The van der Waals surface area contributed by atoms with E-state index < -0.39 is 0 Å². The fraction of sp³-hybridized carbons (Fsp3) is 0.143. The minimum atomic E-state index is -0.0471. The predicted octanol–water partition coefficient (Wildman–Crippen LogP) is 4.17. The van der Waals surface area contributed by atoms with E-state index in [1.807, 2.05) is 47.9 Å². The van der Waals surface area contributed by atoms with Gasteiger partial charge in [0.15, 0.2) is 17.3 Å². The lowest BCUT2D eigenvalue weighted by Gasteiger charge is -2.13. The van der Waals surface area contributed by atoms with Crippen molar-refractivity contribution < 1.29 is 14.6 Å². The van der Waals surface area contributed by atoms with E-state index in [4.69, 9.17) is 9.47 Å². The van der Waals surface area contributed by atoms with Crippen molar-refractivity contribution >= 4 is 17.3 Å². The molecule has 4 rings (SSSR count). The topological polar surface area (TPSA) is 80.9 Å². The number of para-hydroxylation sites is 1. The molecule has 0 unspecified atom stereocenters. The van der Waals surface area contributed by atoms with Crippen LogP contribution in [0.25, 0.3) is 17.0 Å². The molecule has 0 bridgehead atoms. The van der Waals surface area contributed by atoms with E-state index >= 15 is 0 Å². The molecule has 0 aliphatic rings. The highest BCUT2D eigenvalue weighted by atomic mass is 16.5. The molecule has 0 atom stereocenters. The summed E-state index contributed by atoms with van der Waals surface area (Å²) in [7, 11) is 3.00. The molecule has 0 radical (unpaired) electrons. The number of fused-ring (bicyclic) bond motifs is 1. The highest BCUT2D eigenvalue weighted by Gasteiger charge is 2.20. The van der Waals surface area contributed by atoms with E-state index in [1.54, 1.807) is 18.3 Å². The molecule has 142 valence electrons. The van der Waals surface area contributed by atoms with Gasteiger partial charge in [0, 0.05) is 23.6 Å². The van der Waals surface area contributed by atoms with Gasteiger partial charge >= 0.3 is 0 Å². The van der Waals surface area contributed by atoms with Gasteiger partial charge in [-0.15, -0.1) is 0 Å². The van der Waals surface area contributed by atoms with Crippen LogP contribution in [0.5, 0.6) is 17.2 Å². The van der Waals surface area contributed by atoms with Gasteiger partial charge in [0.05, 0.1) is 19.9 Å². The largest absolute Gasteiger partial charge is 0.502 e. The summed E-state index contributed by atoms with van der Waals surface area (Å²) in [6.07, 6.45) is 3.58.